The van der Waals surface area contributed by atoms with Gasteiger partial charge < -0.3 is 30.9 Å². The zero-order chi connectivity index (χ0) is 24.2. The molecule has 0 saturated heterocycles. The van der Waals surface area contributed by atoms with E-state index in [1.54, 1.807) is 19.1 Å². The molecule has 33 heavy (non-hydrogen) atoms. The summed E-state index contributed by atoms with van der Waals surface area (Å²) in [5, 5.41) is 43.6. The van der Waals surface area contributed by atoms with E-state index in [1.807, 2.05) is 0 Å². The fourth-order valence-electron chi connectivity index (χ4n) is 4.90. The summed E-state index contributed by atoms with van der Waals surface area (Å²) in [5.74, 6) is -6.52. The summed E-state index contributed by atoms with van der Waals surface area (Å²) >= 11 is 6.07. The summed E-state index contributed by atoms with van der Waals surface area (Å²) in [5.41, 5.74) is 2.19. The highest BCUT2D eigenvalue weighted by Gasteiger charge is 2.60. The van der Waals surface area contributed by atoms with E-state index in [9.17, 15) is 34.8 Å². The van der Waals surface area contributed by atoms with Crippen molar-refractivity contribution in [2.75, 3.05) is 6.61 Å². The third kappa shape index (κ3) is 3.42. The Bertz CT molecular complexity index is 1190. The van der Waals surface area contributed by atoms with Crippen molar-refractivity contribution in [3.05, 3.63) is 40.2 Å². The topological polar surface area (TPSA) is 167 Å². The molecule has 1 aromatic carbocycles. The number of Topliss-reactive ketones (excluding diaryl/α,β-unsaturated/α-hetero) is 2. The maximum absolute atomic E-state index is 13.4. The second kappa shape index (κ2) is 8.15. The number of aliphatic hydroxyl groups is 3. The van der Waals surface area contributed by atoms with Crippen LogP contribution in [0.4, 0.5) is 0 Å². The van der Waals surface area contributed by atoms with Crippen LogP contribution >= 0.6 is 24.0 Å². The van der Waals surface area contributed by atoms with Crippen molar-refractivity contribution in [3.8, 4) is 5.75 Å². The fraction of sp³-hybridized carbons (Fsp3) is 0.364. The summed E-state index contributed by atoms with van der Waals surface area (Å²) in [6.07, 6.45) is -0.00488. The molecule has 6 N–H and O–H groups in total. The molecule has 174 valence electrons. The zero-order valence-electron chi connectivity index (χ0n) is 17.5. The van der Waals surface area contributed by atoms with Crippen molar-refractivity contribution in [3.63, 3.8) is 0 Å². The van der Waals surface area contributed by atoms with E-state index in [1.165, 1.54) is 0 Å². The van der Waals surface area contributed by atoms with Crippen molar-refractivity contribution < 1.29 is 39.5 Å². The number of thioether (sulfide) groups is 1. The Morgan fingerprint density at radius 3 is 2.61 bits per heavy atom. The second-order valence-electron chi connectivity index (χ2n) is 8.14. The third-order valence-electron chi connectivity index (χ3n) is 6.35. The summed E-state index contributed by atoms with van der Waals surface area (Å²) in [4.78, 5) is 37.7. The Balaban J connectivity index is 1.83. The highest BCUT2D eigenvalue weighted by Crippen LogP contribution is 2.52. The van der Waals surface area contributed by atoms with Gasteiger partial charge in [-0.1, -0.05) is 6.07 Å². The predicted octanol–water partition coefficient (Wildman–Crippen LogP) is 1.84. The smallest absolute Gasteiger partial charge is 0.255 e. The normalized spacial score (nSPS) is 26.5. The van der Waals surface area contributed by atoms with Crippen LogP contribution in [-0.2, 0) is 25.5 Å². The molecule has 9 nitrogen and oxygen atoms in total. The van der Waals surface area contributed by atoms with Crippen molar-refractivity contribution >= 4 is 51.6 Å². The number of nitrogens with two attached hydrogens (primary N) is 1. The number of fused-ring (bicyclic) bond motifs is 3. The van der Waals surface area contributed by atoms with Gasteiger partial charge in [0.2, 0.25) is 10.2 Å². The number of ketones is 2. The van der Waals surface area contributed by atoms with Gasteiger partial charge in [0.05, 0.1) is 17.1 Å². The molecule has 3 aliphatic rings. The molecule has 1 saturated carbocycles. The maximum Gasteiger partial charge on any atom is 0.255 e. The molecule has 11 heteroatoms. The molecule has 1 amide bonds. The van der Waals surface area contributed by atoms with Crippen molar-refractivity contribution in [1.82, 2.24) is 0 Å². The van der Waals surface area contributed by atoms with Crippen molar-refractivity contribution in [2.24, 2.45) is 17.6 Å². The summed E-state index contributed by atoms with van der Waals surface area (Å²) < 4.78 is 5.39. The van der Waals surface area contributed by atoms with Crippen molar-refractivity contribution in [2.45, 2.75) is 36.7 Å². The summed E-state index contributed by atoms with van der Waals surface area (Å²) in [6.45, 7) is 2.10. The summed E-state index contributed by atoms with van der Waals surface area (Å²) in [6, 6.07) is 3.32. The lowest BCUT2D eigenvalue weighted by Gasteiger charge is -2.46. The number of thiocarbonyl (C=S) groups is 1. The Hall–Kier alpha value is -2.89. The minimum atomic E-state index is -2.58. The molecule has 1 aromatic rings. The van der Waals surface area contributed by atoms with Gasteiger partial charge in [-0.3, -0.25) is 14.4 Å². The van der Waals surface area contributed by atoms with Crippen LogP contribution in [0, 0.1) is 11.8 Å². The van der Waals surface area contributed by atoms with E-state index in [4.69, 9.17) is 22.7 Å². The molecule has 0 bridgehead atoms. The minimum absolute atomic E-state index is 0.0198. The number of hydrogen-bond donors (Lipinski definition) is 5. The molecular weight excluding hydrogens is 470 g/mol. The van der Waals surface area contributed by atoms with Crippen LogP contribution in [0.5, 0.6) is 5.75 Å². The lowest BCUT2D eigenvalue weighted by molar-refractivity contribution is -0.147. The highest BCUT2D eigenvalue weighted by molar-refractivity contribution is 8.22. The number of phenols is 1. The fourth-order valence-corrected chi connectivity index (χ4v) is 5.97. The lowest BCUT2D eigenvalue weighted by atomic mass is 9.59. The van der Waals surface area contributed by atoms with Crippen LogP contribution in [0.15, 0.2) is 33.9 Å². The van der Waals surface area contributed by atoms with Crippen LogP contribution in [0.1, 0.15) is 30.9 Å². The molecule has 1 fully saturated rings. The Morgan fingerprint density at radius 2 is 1.97 bits per heavy atom. The largest absolute Gasteiger partial charge is 0.508 e. The van der Waals surface area contributed by atoms with Gasteiger partial charge in [-0.05, 0) is 61.3 Å². The van der Waals surface area contributed by atoms with Crippen LogP contribution in [0.25, 0.3) is 5.76 Å². The maximum atomic E-state index is 13.4. The first-order valence-electron chi connectivity index (χ1n) is 10.2. The number of phenolic OH excluding ortho intramolecular Hbond substituents is 1. The van der Waals surface area contributed by atoms with Crippen molar-refractivity contribution in [1.29, 1.82) is 0 Å². The Kier molecular flexibility index (Phi) is 5.75. The first-order chi connectivity index (χ1) is 15.5. The number of aliphatic hydroxyl groups excluding tert-OH is 2. The van der Waals surface area contributed by atoms with Gasteiger partial charge in [0, 0.05) is 17.9 Å². The SMILES string of the molecule is CCOC(=S)Sc1ccc2c(c1O)C(O)=C1C(=O)[C@]3(O)C(O)=C(C(N)=O)C(=O)C[C@@H]3C[C@@H]1C2. The standard InChI is InChI=1S/C22H21NO8S2/c1-2-31-21(32)33-12-4-3-8-5-9-6-10-7-11(24)15(20(23)29)19(28)22(10,30)18(27)14(9)17(26)13(8)16(12)25/h3-4,9-10,25-26,28,30H,2,5-7H2,1H3,(H2,23,29)/t9-,10-,22-/m0/s1. The van der Waals surface area contributed by atoms with Gasteiger partial charge in [-0.15, -0.1) is 0 Å². The lowest BCUT2D eigenvalue weighted by Crippen LogP contribution is -2.58. The Morgan fingerprint density at radius 1 is 1.27 bits per heavy atom. The average molecular weight is 492 g/mol. The number of carbonyl (C=O) groups excluding carboxylic acids is 3. The van der Waals surface area contributed by atoms with E-state index < -0.39 is 52.0 Å². The minimum Gasteiger partial charge on any atom is -0.508 e. The number of amides is 1. The van der Waals surface area contributed by atoms with Gasteiger partial charge in [-0.25, -0.2) is 0 Å². The van der Waals surface area contributed by atoms with Gasteiger partial charge in [0.15, 0.2) is 11.4 Å². The quantitative estimate of drug-likeness (QED) is 0.239. The molecule has 0 aliphatic heterocycles. The first kappa shape index (κ1) is 23.3. The zero-order valence-corrected chi connectivity index (χ0v) is 19.1. The number of benzene rings is 1. The molecule has 3 aliphatic carbocycles. The van der Waals surface area contributed by atoms with E-state index in [-0.39, 0.29) is 40.5 Å². The number of ether oxygens (including phenoxy) is 1. The number of hydrogen-bond acceptors (Lipinski definition) is 10. The van der Waals surface area contributed by atoms with E-state index in [0.29, 0.717) is 17.1 Å². The third-order valence-corrected chi connectivity index (χ3v) is 7.56. The number of primary amides is 1. The second-order valence-corrected chi connectivity index (χ2v) is 9.78. The molecule has 0 spiro atoms. The predicted molar refractivity (Wildman–Crippen MR) is 121 cm³/mol. The van der Waals surface area contributed by atoms with Crippen LogP contribution < -0.4 is 5.73 Å². The van der Waals surface area contributed by atoms with Gasteiger partial charge in [0.25, 0.3) is 5.91 Å². The molecule has 0 heterocycles. The van der Waals surface area contributed by atoms with Crippen LogP contribution in [-0.4, -0.2) is 54.5 Å². The molecule has 3 atom stereocenters. The molecule has 0 aromatic heterocycles. The molecule has 4 rings (SSSR count). The van der Waals surface area contributed by atoms with E-state index >= 15 is 0 Å². The van der Waals surface area contributed by atoms with Crippen LogP contribution in [0.3, 0.4) is 0 Å². The Labute approximate surface area is 197 Å². The van der Waals surface area contributed by atoms with Gasteiger partial charge >= 0.3 is 0 Å². The number of aromatic hydroxyl groups is 1. The highest BCUT2D eigenvalue weighted by atomic mass is 32.2. The van der Waals surface area contributed by atoms with E-state index in [0.717, 1.165) is 11.8 Å². The average Bonchev–Trinajstić information content (AvgIpc) is 2.72. The molecular formula is C22H21NO8S2. The number of carbonyl (C=O) groups is 3. The molecule has 0 unspecified atom stereocenters. The van der Waals surface area contributed by atoms with Gasteiger partial charge in [0.1, 0.15) is 22.8 Å². The first-order valence-corrected chi connectivity index (χ1v) is 11.4. The monoisotopic (exact) mass is 491 g/mol. The van der Waals surface area contributed by atoms with Gasteiger partial charge in [-0.2, -0.15) is 0 Å². The van der Waals surface area contributed by atoms with E-state index in [2.05, 4.69) is 0 Å². The summed E-state index contributed by atoms with van der Waals surface area (Å²) in [7, 11) is 0. The van der Waals surface area contributed by atoms with Crippen LogP contribution in [0.2, 0.25) is 0 Å². The molecule has 0 radical (unpaired) electrons. The number of rotatable bonds is 3.